The average Bonchev–Trinajstić information content (AvgIpc) is 2.57. The zero-order chi connectivity index (χ0) is 19.5. The van der Waals surface area contributed by atoms with Crippen LogP contribution in [0.25, 0.3) is 0 Å². The van der Waals surface area contributed by atoms with Crippen LogP contribution in [0.1, 0.15) is 34.6 Å². The van der Waals surface area contributed by atoms with Crippen LogP contribution in [0.2, 0.25) is 0 Å². The quantitative estimate of drug-likeness (QED) is 0.281. The first-order valence-electron chi connectivity index (χ1n) is 9.16. The van der Waals surface area contributed by atoms with Gasteiger partial charge in [0.15, 0.2) is 5.96 Å². The van der Waals surface area contributed by atoms with Crippen molar-refractivity contribution in [2.75, 3.05) is 31.5 Å². The number of carbonyl (C=O) groups is 1. The van der Waals surface area contributed by atoms with Crippen molar-refractivity contribution in [2.24, 2.45) is 4.99 Å². The van der Waals surface area contributed by atoms with E-state index in [1.54, 1.807) is 0 Å². The largest absolute Gasteiger partial charge is 0.357 e. The first kappa shape index (κ1) is 25.6. The van der Waals surface area contributed by atoms with Crippen molar-refractivity contribution >= 4 is 41.5 Å². The molecule has 1 aromatic rings. The summed E-state index contributed by atoms with van der Waals surface area (Å²) in [7, 11) is 0. The van der Waals surface area contributed by atoms with Crippen molar-refractivity contribution in [2.45, 2.75) is 46.7 Å². The van der Waals surface area contributed by atoms with Crippen LogP contribution >= 0.6 is 24.0 Å². The van der Waals surface area contributed by atoms with Crippen LogP contribution < -0.4 is 16.0 Å². The molecule has 0 aliphatic rings. The predicted molar refractivity (Wildman–Crippen MR) is 121 cm³/mol. The fourth-order valence-corrected chi connectivity index (χ4v) is 2.64. The summed E-state index contributed by atoms with van der Waals surface area (Å²) in [6.07, 6.45) is 0. The van der Waals surface area contributed by atoms with Crippen LogP contribution in [0, 0.1) is 5.82 Å². The number of hydrogen-bond donors (Lipinski definition) is 3. The zero-order valence-electron chi connectivity index (χ0n) is 16.9. The maximum absolute atomic E-state index is 12.9. The molecule has 8 heteroatoms. The first-order valence-corrected chi connectivity index (χ1v) is 9.16. The van der Waals surface area contributed by atoms with Gasteiger partial charge >= 0.3 is 0 Å². The fraction of sp³-hybridized carbons (Fsp3) is 0.579. The van der Waals surface area contributed by atoms with E-state index in [9.17, 15) is 9.18 Å². The van der Waals surface area contributed by atoms with Crippen LogP contribution in [0.3, 0.4) is 0 Å². The summed E-state index contributed by atoms with van der Waals surface area (Å²) in [5.41, 5.74) is 0.550. The Balaban J connectivity index is 0.00000676. The number of benzene rings is 1. The summed E-state index contributed by atoms with van der Waals surface area (Å²) >= 11 is 0. The van der Waals surface area contributed by atoms with Gasteiger partial charge in [0.25, 0.3) is 0 Å². The molecule has 1 rings (SSSR count). The number of amides is 1. The molecule has 0 bridgehead atoms. The Kier molecular flexibility index (Phi) is 13.0. The van der Waals surface area contributed by atoms with Crippen molar-refractivity contribution in [3.63, 3.8) is 0 Å². The number of halogens is 2. The topological polar surface area (TPSA) is 68.8 Å². The van der Waals surface area contributed by atoms with Gasteiger partial charge in [0.2, 0.25) is 5.91 Å². The molecule has 0 heterocycles. The predicted octanol–water partition coefficient (Wildman–Crippen LogP) is 3.06. The maximum Gasteiger partial charge on any atom is 0.246 e. The highest BCUT2D eigenvalue weighted by Crippen LogP contribution is 2.07. The molecule has 1 aromatic carbocycles. The number of aliphatic imine (C=N–C) groups is 1. The first-order chi connectivity index (χ1) is 12.3. The Morgan fingerprint density at radius 2 is 1.70 bits per heavy atom. The highest BCUT2D eigenvalue weighted by molar-refractivity contribution is 14.0. The number of hydrogen-bond acceptors (Lipinski definition) is 3. The highest BCUT2D eigenvalue weighted by Gasteiger charge is 2.12. The molecule has 27 heavy (non-hydrogen) atoms. The third-order valence-corrected chi connectivity index (χ3v) is 3.84. The lowest BCUT2D eigenvalue weighted by Crippen LogP contribution is -2.45. The van der Waals surface area contributed by atoms with E-state index in [2.05, 4.69) is 53.5 Å². The molecular weight excluding hydrogens is 460 g/mol. The summed E-state index contributed by atoms with van der Waals surface area (Å²) in [5.74, 6) is 0.0190. The van der Waals surface area contributed by atoms with Crippen LogP contribution in [-0.2, 0) is 4.79 Å². The molecule has 0 saturated heterocycles. The number of guanidine groups is 1. The smallest absolute Gasteiger partial charge is 0.246 e. The van der Waals surface area contributed by atoms with Gasteiger partial charge in [-0.3, -0.25) is 9.69 Å². The molecule has 0 aliphatic heterocycles. The second kappa shape index (κ2) is 13.7. The average molecular weight is 493 g/mol. The van der Waals surface area contributed by atoms with Gasteiger partial charge in [-0.1, -0.05) is 0 Å². The normalized spacial score (nSPS) is 11.5. The molecule has 1 amide bonds. The van der Waals surface area contributed by atoms with E-state index in [-0.39, 0.29) is 42.2 Å². The van der Waals surface area contributed by atoms with Gasteiger partial charge in [0.05, 0.1) is 0 Å². The third-order valence-electron chi connectivity index (χ3n) is 3.84. The standard InChI is InChI=1S/C19H32FN5O.HI/c1-6-21-19(22-11-12-25(14(2)3)15(4)5)23-13-18(26)24-17-9-7-16(20)8-10-17;/h7-10,14-15H,6,11-13H2,1-5H3,(H,24,26)(H2,21,22,23);1H. The SMILES string of the molecule is CCNC(=NCC(=O)Nc1ccc(F)cc1)NCCN(C(C)C)C(C)C.I. The minimum Gasteiger partial charge on any atom is -0.357 e. The summed E-state index contributed by atoms with van der Waals surface area (Å²) in [4.78, 5) is 18.7. The summed E-state index contributed by atoms with van der Waals surface area (Å²) < 4.78 is 12.9. The lowest BCUT2D eigenvalue weighted by Gasteiger charge is -2.30. The molecule has 0 aromatic heterocycles. The molecule has 0 spiro atoms. The highest BCUT2D eigenvalue weighted by atomic mass is 127. The van der Waals surface area contributed by atoms with Gasteiger partial charge in [0, 0.05) is 37.4 Å². The lowest BCUT2D eigenvalue weighted by atomic mass is 10.2. The number of rotatable bonds is 9. The fourth-order valence-electron chi connectivity index (χ4n) is 2.64. The molecule has 0 unspecified atom stereocenters. The number of nitrogens with zero attached hydrogens (tertiary/aromatic N) is 2. The van der Waals surface area contributed by atoms with Gasteiger partial charge in [-0.15, -0.1) is 24.0 Å². The van der Waals surface area contributed by atoms with E-state index in [0.29, 0.717) is 30.3 Å². The Morgan fingerprint density at radius 3 is 2.22 bits per heavy atom. The number of carbonyl (C=O) groups excluding carboxylic acids is 1. The van der Waals surface area contributed by atoms with Crippen molar-refractivity contribution in [1.29, 1.82) is 0 Å². The minimum atomic E-state index is -0.337. The van der Waals surface area contributed by atoms with Gasteiger partial charge in [-0.25, -0.2) is 9.38 Å². The molecule has 154 valence electrons. The number of anilines is 1. The maximum atomic E-state index is 12.9. The van der Waals surface area contributed by atoms with E-state index in [1.807, 2.05) is 6.92 Å². The summed E-state index contributed by atoms with van der Waals surface area (Å²) in [6, 6.07) is 6.59. The van der Waals surface area contributed by atoms with Crippen LogP contribution in [0.5, 0.6) is 0 Å². The van der Waals surface area contributed by atoms with Crippen LogP contribution in [0.4, 0.5) is 10.1 Å². The zero-order valence-corrected chi connectivity index (χ0v) is 19.2. The molecule has 6 nitrogen and oxygen atoms in total. The van der Waals surface area contributed by atoms with Crippen molar-refractivity contribution < 1.29 is 9.18 Å². The van der Waals surface area contributed by atoms with E-state index < -0.39 is 0 Å². The molecule has 0 atom stereocenters. The van der Waals surface area contributed by atoms with Crippen molar-refractivity contribution in [1.82, 2.24) is 15.5 Å². The Hall–Kier alpha value is -1.42. The lowest BCUT2D eigenvalue weighted by molar-refractivity contribution is -0.114. The summed E-state index contributed by atoms with van der Waals surface area (Å²) in [6.45, 7) is 13.0. The molecule has 0 aliphatic carbocycles. The minimum absolute atomic E-state index is 0. The van der Waals surface area contributed by atoms with Gasteiger partial charge < -0.3 is 16.0 Å². The monoisotopic (exact) mass is 493 g/mol. The van der Waals surface area contributed by atoms with E-state index >= 15 is 0 Å². The van der Waals surface area contributed by atoms with Gasteiger partial charge in [-0.05, 0) is 58.9 Å². The molecule has 0 fully saturated rings. The van der Waals surface area contributed by atoms with Gasteiger partial charge in [0.1, 0.15) is 12.4 Å². The number of nitrogens with one attached hydrogen (secondary N) is 3. The van der Waals surface area contributed by atoms with Crippen molar-refractivity contribution in [3.05, 3.63) is 30.1 Å². The van der Waals surface area contributed by atoms with Crippen LogP contribution in [-0.4, -0.2) is 55.0 Å². The molecule has 3 N–H and O–H groups in total. The molecule has 0 saturated carbocycles. The Bertz CT molecular complexity index is 570. The van der Waals surface area contributed by atoms with Crippen LogP contribution in [0.15, 0.2) is 29.3 Å². The molecular formula is C19H33FIN5O. The Labute approximate surface area is 179 Å². The summed E-state index contributed by atoms with van der Waals surface area (Å²) in [5, 5.41) is 9.08. The van der Waals surface area contributed by atoms with E-state index in [1.165, 1.54) is 24.3 Å². The van der Waals surface area contributed by atoms with Gasteiger partial charge in [-0.2, -0.15) is 0 Å². The van der Waals surface area contributed by atoms with E-state index in [0.717, 1.165) is 13.1 Å². The second-order valence-electron chi connectivity index (χ2n) is 6.60. The van der Waals surface area contributed by atoms with E-state index in [4.69, 9.17) is 0 Å². The third kappa shape index (κ3) is 10.5. The van der Waals surface area contributed by atoms with Crippen molar-refractivity contribution in [3.8, 4) is 0 Å². The second-order valence-corrected chi connectivity index (χ2v) is 6.60. The molecule has 0 radical (unpaired) electrons. The Morgan fingerprint density at radius 1 is 1.11 bits per heavy atom.